The molecule has 3 heterocycles. The smallest absolute Gasteiger partial charge is 0.223 e. The number of nitrogens with zero attached hydrogens (tertiary/aromatic N) is 3. The summed E-state index contributed by atoms with van der Waals surface area (Å²) in [5.74, 6) is 0.349. The van der Waals surface area contributed by atoms with Crippen molar-refractivity contribution < 1.29 is 4.79 Å². The second-order valence-corrected chi connectivity index (χ2v) is 6.66. The highest BCUT2D eigenvalue weighted by Gasteiger charge is 2.13. The van der Waals surface area contributed by atoms with Gasteiger partial charge in [-0.3, -0.25) is 4.79 Å². The van der Waals surface area contributed by atoms with Crippen molar-refractivity contribution in [2.24, 2.45) is 5.73 Å². The van der Waals surface area contributed by atoms with Crippen molar-refractivity contribution in [1.82, 2.24) is 15.0 Å². The Morgan fingerprint density at radius 3 is 2.95 bits per heavy atom. The Bertz CT molecular complexity index is 823. The lowest BCUT2D eigenvalue weighted by Gasteiger charge is -2.03. The van der Waals surface area contributed by atoms with E-state index in [-0.39, 0.29) is 12.3 Å². The molecule has 0 atom stereocenters. The van der Waals surface area contributed by atoms with Crippen molar-refractivity contribution in [2.45, 2.75) is 20.3 Å². The number of anilines is 2. The predicted octanol–water partition coefficient (Wildman–Crippen LogP) is 2.54. The first-order valence-corrected chi connectivity index (χ1v) is 7.94. The molecule has 0 bridgehead atoms. The number of hydrogen-bond donors (Lipinski definition) is 2. The number of carbonyl (C=O) groups excluding carboxylic acids is 1. The van der Waals surface area contributed by atoms with E-state index in [1.54, 1.807) is 11.3 Å². The van der Waals surface area contributed by atoms with Crippen LogP contribution >= 0.6 is 22.7 Å². The minimum absolute atomic E-state index is 0.147. The average Bonchev–Trinajstić information content (AvgIpc) is 2.95. The molecular weight excluding hydrogens is 306 g/mol. The predicted molar refractivity (Wildman–Crippen MR) is 85.2 cm³/mol. The van der Waals surface area contributed by atoms with Crippen LogP contribution in [0, 0.1) is 13.8 Å². The van der Waals surface area contributed by atoms with Crippen LogP contribution in [0.25, 0.3) is 10.2 Å². The van der Waals surface area contributed by atoms with Gasteiger partial charge < -0.3 is 11.1 Å². The van der Waals surface area contributed by atoms with E-state index in [4.69, 9.17) is 5.73 Å². The van der Waals surface area contributed by atoms with Gasteiger partial charge in [-0.1, -0.05) is 0 Å². The van der Waals surface area contributed by atoms with Gasteiger partial charge >= 0.3 is 0 Å². The van der Waals surface area contributed by atoms with Gasteiger partial charge in [-0.05, 0) is 19.4 Å². The summed E-state index contributed by atoms with van der Waals surface area (Å²) in [6, 6.07) is 0. The normalized spacial score (nSPS) is 11.0. The van der Waals surface area contributed by atoms with E-state index in [0.29, 0.717) is 10.8 Å². The number of nitrogens with two attached hydrogens (primary N) is 1. The Hall–Kier alpha value is -2.06. The molecule has 8 heteroatoms. The topological polar surface area (TPSA) is 93.8 Å². The molecule has 0 spiro atoms. The van der Waals surface area contributed by atoms with Crippen LogP contribution in [0.4, 0.5) is 10.9 Å². The number of primary amides is 1. The fourth-order valence-electron chi connectivity index (χ4n) is 2.00. The van der Waals surface area contributed by atoms with Crippen molar-refractivity contribution >= 4 is 49.7 Å². The number of aryl methyl sites for hydroxylation is 2. The maximum Gasteiger partial charge on any atom is 0.223 e. The molecule has 1 amide bonds. The van der Waals surface area contributed by atoms with Gasteiger partial charge in [0.15, 0.2) is 5.13 Å². The Balaban J connectivity index is 1.94. The second-order valence-electron chi connectivity index (χ2n) is 4.60. The highest BCUT2D eigenvalue weighted by atomic mass is 32.1. The quantitative estimate of drug-likeness (QED) is 0.770. The van der Waals surface area contributed by atoms with Gasteiger partial charge in [0.2, 0.25) is 5.91 Å². The van der Waals surface area contributed by atoms with Gasteiger partial charge in [-0.15, -0.1) is 22.7 Å². The van der Waals surface area contributed by atoms with Crippen LogP contribution in [-0.2, 0) is 11.2 Å². The van der Waals surface area contributed by atoms with Crippen LogP contribution in [0.5, 0.6) is 0 Å². The first kappa shape index (κ1) is 13.9. The molecule has 0 unspecified atom stereocenters. The van der Waals surface area contributed by atoms with Gasteiger partial charge in [0.05, 0.1) is 17.5 Å². The third-order valence-electron chi connectivity index (χ3n) is 3.10. The zero-order chi connectivity index (χ0) is 15.0. The minimum atomic E-state index is -0.388. The Labute approximate surface area is 129 Å². The van der Waals surface area contributed by atoms with Gasteiger partial charge in [-0.25, -0.2) is 15.0 Å². The van der Waals surface area contributed by atoms with Gasteiger partial charge in [-0.2, -0.15) is 0 Å². The molecule has 3 aromatic heterocycles. The van der Waals surface area contributed by atoms with E-state index in [2.05, 4.69) is 34.1 Å². The first-order valence-electron chi connectivity index (χ1n) is 6.25. The number of carbonyl (C=O) groups is 1. The molecular formula is C13H13N5OS2. The van der Waals surface area contributed by atoms with E-state index in [1.807, 2.05) is 5.38 Å². The van der Waals surface area contributed by atoms with Gasteiger partial charge in [0, 0.05) is 10.3 Å². The van der Waals surface area contributed by atoms with Gasteiger partial charge in [0.25, 0.3) is 0 Å². The zero-order valence-electron chi connectivity index (χ0n) is 11.5. The summed E-state index contributed by atoms with van der Waals surface area (Å²) in [5, 5.41) is 6.73. The van der Waals surface area contributed by atoms with E-state index in [0.717, 1.165) is 16.0 Å². The van der Waals surface area contributed by atoms with Crippen LogP contribution < -0.4 is 11.1 Å². The van der Waals surface area contributed by atoms with Crippen molar-refractivity contribution in [2.75, 3.05) is 5.32 Å². The first-order chi connectivity index (χ1) is 10.0. The highest BCUT2D eigenvalue weighted by Crippen LogP contribution is 2.34. The highest BCUT2D eigenvalue weighted by molar-refractivity contribution is 7.18. The molecule has 0 saturated heterocycles. The molecule has 0 aliphatic heterocycles. The third-order valence-corrected chi connectivity index (χ3v) is 5.02. The second kappa shape index (κ2) is 5.38. The standard InChI is InChI=1S/C13H13N5OS2/c1-6-7(2)21-12-10(6)11(15-5-16-12)18-13-17-8(4-20-13)3-9(14)19/h4-5H,3H2,1-2H3,(H2,14,19)(H,15,16,17,18). The third kappa shape index (κ3) is 2.72. The molecule has 0 aromatic carbocycles. The maximum atomic E-state index is 10.9. The summed E-state index contributed by atoms with van der Waals surface area (Å²) in [5.41, 5.74) is 7.01. The number of amides is 1. The Kier molecular flexibility index (Phi) is 3.56. The summed E-state index contributed by atoms with van der Waals surface area (Å²) in [6.07, 6.45) is 1.69. The summed E-state index contributed by atoms with van der Waals surface area (Å²) >= 11 is 3.07. The van der Waals surface area contributed by atoms with Crippen LogP contribution in [0.3, 0.4) is 0 Å². The van der Waals surface area contributed by atoms with E-state index >= 15 is 0 Å². The molecule has 108 valence electrons. The molecule has 0 aliphatic rings. The lowest BCUT2D eigenvalue weighted by atomic mass is 10.2. The number of aromatic nitrogens is 3. The number of rotatable bonds is 4. The summed E-state index contributed by atoms with van der Waals surface area (Å²) in [4.78, 5) is 26.0. The van der Waals surface area contributed by atoms with Crippen LogP contribution in [-0.4, -0.2) is 20.9 Å². The van der Waals surface area contributed by atoms with Crippen molar-refractivity contribution in [3.63, 3.8) is 0 Å². The van der Waals surface area contributed by atoms with Crippen LogP contribution in [0.15, 0.2) is 11.7 Å². The molecule has 0 radical (unpaired) electrons. The number of hydrogen-bond acceptors (Lipinski definition) is 7. The van der Waals surface area contributed by atoms with Crippen molar-refractivity contribution in [1.29, 1.82) is 0 Å². The molecule has 0 saturated carbocycles. The largest absolute Gasteiger partial charge is 0.369 e. The van der Waals surface area contributed by atoms with E-state index in [1.165, 1.54) is 28.1 Å². The monoisotopic (exact) mass is 319 g/mol. The van der Waals surface area contributed by atoms with E-state index < -0.39 is 0 Å². The summed E-state index contributed by atoms with van der Waals surface area (Å²) in [6.45, 7) is 4.13. The van der Waals surface area contributed by atoms with Crippen molar-refractivity contribution in [3.05, 3.63) is 27.8 Å². The molecule has 21 heavy (non-hydrogen) atoms. The number of fused-ring (bicyclic) bond motifs is 1. The summed E-state index contributed by atoms with van der Waals surface area (Å²) in [7, 11) is 0. The van der Waals surface area contributed by atoms with Gasteiger partial charge in [0.1, 0.15) is 17.0 Å². The Morgan fingerprint density at radius 2 is 2.19 bits per heavy atom. The minimum Gasteiger partial charge on any atom is -0.369 e. The lowest BCUT2D eigenvalue weighted by Crippen LogP contribution is -2.13. The fraction of sp³-hybridized carbons (Fsp3) is 0.231. The molecule has 3 aromatic rings. The molecule has 6 nitrogen and oxygen atoms in total. The molecule has 3 rings (SSSR count). The Morgan fingerprint density at radius 1 is 1.38 bits per heavy atom. The lowest BCUT2D eigenvalue weighted by molar-refractivity contribution is -0.117. The maximum absolute atomic E-state index is 10.9. The average molecular weight is 319 g/mol. The van der Waals surface area contributed by atoms with E-state index in [9.17, 15) is 4.79 Å². The van der Waals surface area contributed by atoms with Crippen LogP contribution in [0.1, 0.15) is 16.1 Å². The van der Waals surface area contributed by atoms with Crippen LogP contribution in [0.2, 0.25) is 0 Å². The fourth-order valence-corrected chi connectivity index (χ4v) is 3.71. The molecule has 3 N–H and O–H groups in total. The molecule has 0 fully saturated rings. The summed E-state index contributed by atoms with van der Waals surface area (Å²) < 4.78 is 0. The van der Waals surface area contributed by atoms with Crippen molar-refractivity contribution in [3.8, 4) is 0 Å². The number of thiazole rings is 1. The number of thiophene rings is 1. The number of nitrogens with one attached hydrogen (secondary N) is 1. The zero-order valence-corrected chi connectivity index (χ0v) is 13.1. The SMILES string of the molecule is Cc1sc2ncnc(Nc3nc(CC(N)=O)cs3)c2c1C. The molecule has 0 aliphatic carbocycles.